The number of carbonyl (C=O) groups is 1. The first kappa shape index (κ1) is 12.1. The normalized spacial score (nSPS) is 23.1. The molecule has 0 unspecified atom stereocenters. The van der Waals surface area contributed by atoms with Crippen molar-refractivity contribution >= 4 is 5.91 Å². The van der Waals surface area contributed by atoms with Gasteiger partial charge < -0.3 is 15.8 Å². The maximum absolute atomic E-state index is 11.2. The van der Waals surface area contributed by atoms with Crippen molar-refractivity contribution in [2.24, 2.45) is 5.73 Å². The standard InChI is InChI=1S/C13H18N2O2/c1-17-11-6-10(7-11)15-8-9-4-2-3-5-12(9)13(14)16/h2-5,10-11,15H,6-8H2,1H3,(H2,14,16). The van der Waals surface area contributed by atoms with Crippen LogP contribution >= 0.6 is 0 Å². The number of carbonyl (C=O) groups excluding carboxylic acids is 1. The van der Waals surface area contributed by atoms with E-state index < -0.39 is 0 Å². The number of hydrogen-bond acceptors (Lipinski definition) is 3. The molecule has 17 heavy (non-hydrogen) atoms. The number of nitrogens with one attached hydrogen (secondary N) is 1. The molecule has 92 valence electrons. The topological polar surface area (TPSA) is 64.3 Å². The fourth-order valence-corrected chi connectivity index (χ4v) is 2.09. The molecule has 0 bridgehead atoms. The van der Waals surface area contributed by atoms with Crippen LogP contribution in [0.5, 0.6) is 0 Å². The van der Waals surface area contributed by atoms with E-state index in [4.69, 9.17) is 10.5 Å². The third-order valence-electron chi connectivity index (χ3n) is 3.29. The molecule has 3 N–H and O–H groups in total. The van der Waals surface area contributed by atoms with Gasteiger partial charge in [0.1, 0.15) is 0 Å². The Morgan fingerprint density at radius 2 is 2.18 bits per heavy atom. The smallest absolute Gasteiger partial charge is 0.249 e. The van der Waals surface area contributed by atoms with E-state index in [1.165, 1.54) is 0 Å². The van der Waals surface area contributed by atoms with Crippen molar-refractivity contribution in [3.05, 3.63) is 35.4 Å². The quantitative estimate of drug-likeness (QED) is 0.800. The van der Waals surface area contributed by atoms with Gasteiger partial charge in [-0.05, 0) is 24.5 Å². The average Bonchev–Trinajstić information content (AvgIpc) is 2.27. The van der Waals surface area contributed by atoms with Gasteiger partial charge in [-0.15, -0.1) is 0 Å². The van der Waals surface area contributed by atoms with Crippen LogP contribution in [0.4, 0.5) is 0 Å². The predicted molar refractivity (Wildman–Crippen MR) is 65.6 cm³/mol. The zero-order chi connectivity index (χ0) is 12.3. The number of methoxy groups -OCH3 is 1. The molecule has 4 heteroatoms. The Morgan fingerprint density at radius 3 is 2.82 bits per heavy atom. The summed E-state index contributed by atoms with van der Waals surface area (Å²) in [5.41, 5.74) is 6.88. The Labute approximate surface area is 101 Å². The Morgan fingerprint density at radius 1 is 1.47 bits per heavy atom. The van der Waals surface area contributed by atoms with Crippen molar-refractivity contribution in [3.63, 3.8) is 0 Å². The number of rotatable bonds is 5. The Hall–Kier alpha value is -1.39. The molecule has 0 atom stereocenters. The second-order valence-corrected chi connectivity index (χ2v) is 4.43. The molecule has 0 aromatic heterocycles. The molecule has 0 saturated heterocycles. The summed E-state index contributed by atoms with van der Waals surface area (Å²) >= 11 is 0. The van der Waals surface area contributed by atoms with Gasteiger partial charge in [0.2, 0.25) is 5.91 Å². The molecule has 1 fully saturated rings. The van der Waals surface area contributed by atoms with Gasteiger partial charge in [-0.1, -0.05) is 18.2 Å². The van der Waals surface area contributed by atoms with E-state index in [-0.39, 0.29) is 5.91 Å². The molecule has 0 aliphatic heterocycles. The number of ether oxygens (including phenoxy) is 1. The highest BCUT2D eigenvalue weighted by atomic mass is 16.5. The van der Waals surface area contributed by atoms with Crippen molar-refractivity contribution in [3.8, 4) is 0 Å². The average molecular weight is 234 g/mol. The maximum atomic E-state index is 11.2. The Balaban J connectivity index is 1.89. The van der Waals surface area contributed by atoms with Crippen molar-refractivity contribution in [2.75, 3.05) is 7.11 Å². The monoisotopic (exact) mass is 234 g/mol. The summed E-state index contributed by atoms with van der Waals surface area (Å²) in [6, 6.07) is 7.93. The van der Waals surface area contributed by atoms with Crippen molar-refractivity contribution < 1.29 is 9.53 Å². The lowest BCUT2D eigenvalue weighted by atomic mass is 9.89. The molecular weight excluding hydrogens is 216 g/mol. The molecule has 1 saturated carbocycles. The van der Waals surface area contributed by atoms with E-state index in [1.807, 2.05) is 18.2 Å². The summed E-state index contributed by atoms with van der Waals surface area (Å²) in [6.45, 7) is 0.681. The summed E-state index contributed by atoms with van der Waals surface area (Å²) in [5, 5.41) is 3.41. The van der Waals surface area contributed by atoms with Crippen LogP contribution in [-0.2, 0) is 11.3 Å². The number of amides is 1. The summed E-state index contributed by atoms with van der Waals surface area (Å²) in [6.07, 6.45) is 2.46. The van der Waals surface area contributed by atoms with E-state index in [0.717, 1.165) is 18.4 Å². The summed E-state index contributed by atoms with van der Waals surface area (Å²) < 4.78 is 5.22. The second kappa shape index (κ2) is 5.29. The first-order valence-electron chi connectivity index (χ1n) is 5.84. The fourth-order valence-electron chi connectivity index (χ4n) is 2.09. The van der Waals surface area contributed by atoms with Crippen LogP contribution < -0.4 is 11.1 Å². The fraction of sp³-hybridized carbons (Fsp3) is 0.462. The van der Waals surface area contributed by atoms with Gasteiger partial charge in [0.25, 0.3) is 0 Å². The van der Waals surface area contributed by atoms with Gasteiger partial charge in [0.15, 0.2) is 0 Å². The van der Waals surface area contributed by atoms with Crippen molar-refractivity contribution in [2.45, 2.75) is 31.5 Å². The number of hydrogen-bond donors (Lipinski definition) is 2. The summed E-state index contributed by atoms with van der Waals surface area (Å²) in [7, 11) is 1.74. The number of nitrogens with two attached hydrogens (primary N) is 1. The molecular formula is C13H18N2O2. The minimum absolute atomic E-state index is 0.370. The molecule has 4 nitrogen and oxygen atoms in total. The first-order chi connectivity index (χ1) is 8.20. The number of primary amides is 1. The second-order valence-electron chi connectivity index (χ2n) is 4.43. The van der Waals surface area contributed by atoms with Crippen LogP contribution in [0.25, 0.3) is 0 Å². The molecule has 1 aliphatic rings. The van der Waals surface area contributed by atoms with Gasteiger partial charge in [-0.3, -0.25) is 4.79 Å². The highest BCUT2D eigenvalue weighted by Gasteiger charge is 2.28. The maximum Gasteiger partial charge on any atom is 0.249 e. The van der Waals surface area contributed by atoms with Gasteiger partial charge in [0.05, 0.1) is 6.10 Å². The van der Waals surface area contributed by atoms with Gasteiger partial charge >= 0.3 is 0 Å². The lowest BCUT2D eigenvalue weighted by Crippen LogP contribution is -2.44. The zero-order valence-electron chi connectivity index (χ0n) is 9.98. The lowest BCUT2D eigenvalue weighted by Gasteiger charge is -2.34. The number of benzene rings is 1. The SMILES string of the molecule is COC1CC(NCc2ccccc2C(N)=O)C1. The van der Waals surface area contributed by atoms with Crippen molar-refractivity contribution in [1.82, 2.24) is 5.32 Å². The molecule has 1 aliphatic carbocycles. The van der Waals surface area contributed by atoms with E-state index in [2.05, 4.69) is 5.32 Å². The van der Waals surface area contributed by atoms with Crippen LogP contribution in [0.3, 0.4) is 0 Å². The first-order valence-corrected chi connectivity index (χ1v) is 5.84. The van der Waals surface area contributed by atoms with Crippen LogP contribution in [-0.4, -0.2) is 25.2 Å². The van der Waals surface area contributed by atoms with E-state index in [9.17, 15) is 4.79 Å². The highest BCUT2D eigenvalue weighted by Crippen LogP contribution is 2.23. The van der Waals surface area contributed by atoms with Gasteiger partial charge in [-0.25, -0.2) is 0 Å². The highest BCUT2D eigenvalue weighted by molar-refractivity contribution is 5.94. The molecule has 1 aromatic rings. The molecule has 0 spiro atoms. The molecule has 1 amide bonds. The third-order valence-corrected chi connectivity index (χ3v) is 3.29. The van der Waals surface area contributed by atoms with E-state index in [1.54, 1.807) is 13.2 Å². The molecule has 2 rings (SSSR count). The van der Waals surface area contributed by atoms with Crippen LogP contribution in [0.15, 0.2) is 24.3 Å². The summed E-state index contributed by atoms with van der Waals surface area (Å²) in [5.74, 6) is -0.370. The van der Waals surface area contributed by atoms with Crippen LogP contribution in [0.2, 0.25) is 0 Å². The zero-order valence-corrected chi connectivity index (χ0v) is 9.98. The lowest BCUT2D eigenvalue weighted by molar-refractivity contribution is 0.0170. The largest absolute Gasteiger partial charge is 0.381 e. The predicted octanol–water partition coefficient (Wildman–Crippen LogP) is 1.05. The van der Waals surface area contributed by atoms with Gasteiger partial charge in [0, 0.05) is 25.3 Å². The Kier molecular flexibility index (Phi) is 3.76. The van der Waals surface area contributed by atoms with Crippen molar-refractivity contribution in [1.29, 1.82) is 0 Å². The van der Waals surface area contributed by atoms with Crippen LogP contribution in [0, 0.1) is 0 Å². The molecule has 1 aromatic carbocycles. The minimum Gasteiger partial charge on any atom is -0.381 e. The van der Waals surface area contributed by atoms with E-state index in [0.29, 0.717) is 24.3 Å². The van der Waals surface area contributed by atoms with Gasteiger partial charge in [-0.2, -0.15) is 0 Å². The molecule has 0 heterocycles. The minimum atomic E-state index is -0.370. The third kappa shape index (κ3) is 2.84. The van der Waals surface area contributed by atoms with Crippen LogP contribution in [0.1, 0.15) is 28.8 Å². The Bertz CT molecular complexity index is 400. The molecule has 0 radical (unpaired) electrons. The summed E-state index contributed by atoms with van der Waals surface area (Å²) in [4.78, 5) is 11.2. The van der Waals surface area contributed by atoms with E-state index >= 15 is 0 Å².